The Balaban J connectivity index is 2.70. The van der Waals surface area contributed by atoms with Gasteiger partial charge in [0.15, 0.2) is 11.4 Å². The first-order chi connectivity index (χ1) is 9.08. The Labute approximate surface area is 109 Å². The number of hydrogen-bond donors (Lipinski definition) is 1. The third-order valence-electron chi connectivity index (χ3n) is 2.72. The lowest BCUT2D eigenvalue weighted by atomic mass is 10.1. The summed E-state index contributed by atoms with van der Waals surface area (Å²) in [4.78, 5) is 3.85. The summed E-state index contributed by atoms with van der Waals surface area (Å²) >= 11 is 0. The molecule has 2 N–H and O–H groups in total. The Morgan fingerprint density at radius 3 is 2.68 bits per heavy atom. The van der Waals surface area contributed by atoms with Crippen molar-refractivity contribution in [3.63, 3.8) is 0 Å². The van der Waals surface area contributed by atoms with Gasteiger partial charge in [-0.05, 0) is 30.7 Å². The van der Waals surface area contributed by atoms with E-state index in [1.807, 2.05) is 12.1 Å². The zero-order valence-electron chi connectivity index (χ0n) is 10.1. The molecular weight excluding hydrogens is 245 g/mol. The van der Waals surface area contributed by atoms with Gasteiger partial charge in [-0.1, -0.05) is 0 Å². The molecular formula is C13H10FN5. The van der Waals surface area contributed by atoms with Crippen LogP contribution in [0.25, 0.3) is 5.69 Å². The number of imidazole rings is 1. The Kier molecular flexibility index (Phi) is 3.28. The third-order valence-corrected chi connectivity index (χ3v) is 2.72. The van der Waals surface area contributed by atoms with E-state index in [9.17, 15) is 4.39 Å². The van der Waals surface area contributed by atoms with Crippen LogP contribution in [0.1, 0.15) is 29.9 Å². The second kappa shape index (κ2) is 4.89. The summed E-state index contributed by atoms with van der Waals surface area (Å²) in [6.07, 6.45) is 1.36. The molecule has 0 bridgehead atoms. The van der Waals surface area contributed by atoms with Gasteiger partial charge in [0.05, 0.1) is 5.69 Å². The maximum Gasteiger partial charge on any atom is 0.177 e. The second-order valence-electron chi connectivity index (χ2n) is 4.03. The average molecular weight is 255 g/mol. The summed E-state index contributed by atoms with van der Waals surface area (Å²) in [5.41, 5.74) is 7.02. The van der Waals surface area contributed by atoms with Crippen LogP contribution in [0.4, 0.5) is 4.39 Å². The monoisotopic (exact) mass is 255 g/mol. The van der Waals surface area contributed by atoms with Gasteiger partial charge in [0.1, 0.15) is 24.3 Å². The van der Waals surface area contributed by atoms with E-state index in [4.69, 9.17) is 16.3 Å². The molecule has 0 radical (unpaired) electrons. The Bertz CT molecular complexity index is 703. The zero-order valence-corrected chi connectivity index (χ0v) is 10.1. The summed E-state index contributed by atoms with van der Waals surface area (Å²) in [5, 5.41) is 18.0. The van der Waals surface area contributed by atoms with Crippen molar-refractivity contribution in [2.45, 2.75) is 13.0 Å². The normalized spacial score (nSPS) is 11.6. The number of nitriles is 2. The van der Waals surface area contributed by atoms with Gasteiger partial charge in [-0.15, -0.1) is 0 Å². The van der Waals surface area contributed by atoms with Crippen molar-refractivity contribution < 1.29 is 4.39 Å². The van der Waals surface area contributed by atoms with Gasteiger partial charge in [0.2, 0.25) is 0 Å². The second-order valence-corrected chi connectivity index (χ2v) is 4.03. The van der Waals surface area contributed by atoms with Crippen LogP contribution in [0.5, 0.6) is 0 Å². The molecule has 0 aliphatic heterocycles. The van der Waals surface area contributed by atoms with E-state index in [0.717, 1.165) is 0 Å². The van der Waals surface area contributed by atoms with Crippen LogP contribution in [0.2, 0.25) is 0 Å². The van der Waals surface area contributed by atoms with Crippen LogP contribution in [0.3, 0.4) is 0 Å². The van der Waals surface area contributed by atoms with Crippen molar-refractivity contribution in [2.75, 3.05) is 0 Å². The fourth-order valence-electron chi connectivity index (χ4n) is 1.83. The fourth-order valence-corrected chi connectivity index (χ4v) is 1.83. The fraction of sp³-hybridized carbons (Fsp3) is 0.154. The summed E-state index contributed by atoms with van der Waals surface area (Å²) in [6, 6.07) is 7.44. The maximum atomic E-state index is 13.3. The van der Waals surface area contributed by atoms with Gasteiger partial charge in [-0.25, -0.2) is 9.37 Å². The van der Waals surface area contributed by atoms with Crippen LogP contribution >= 0.6 is 0 Å². The molecule has 19 heavy (non-hydrogen) atoms. The lowest BCUT2D eigenvalue weighted by Crippen LogP contribution is -2.11. The summed E-state index contributed by atoms with van der Waals surface area (Å²) in [6.45, 7) is 1.71. The van der Waals surface area contributed by atoms with Crippen LogP contribution < -0.4 is 5.73 Å². The minimum absolute atomic E-state index is 0.0300. The molecule has 0 unspecified atom stereocenters. The van der Waals surface area contributed by atoms with Crippen molar-refractivity contribution in [3.05, 3.63) is 47.3 Å². The van der Waals surface area contributed by atoms with Crippen LogP contribution in [0, 0.1) is 28.5 Å². The highest BCUT2D eigenvalue weighted by Gasteiger charge is 2.16. The predicted molar refractivity (Wildman–Crippen MR) is 65.6 cm³/mol. The molecule has 0 aliphatic rings. The molecule has 0 aliphatic carbocycles. The van der Waals surface area contributed by atoms with E-state index in [0.29, 0.717) is 11.3 Å². The molecule has 1 heterocycles. The number of hydrogen-bond acceptors (Lipinski definition) is 4. The highest BCUT2D eigenvalue weighted by Crippen LogP contribution is 2.23. The molecule has 0 fully saturated rings. The summed E-state index contributed by atoms with van der Waals surface area (Å²) < 4.78 is 14.7. The number of benzene rings is 1. The van der Waals surface area contributed by atoms with Gasteiger partial charge in [-0.2, -0.15) is 10.5 Å². The number of halogens is 1. The first kappa shape index (κ1) is 12.7. The van der Waals surface area contributed by atoms with Crippen LogP contribution in [0.15, 0.2) is 24.5 Å². The minimum atomic E-state index is -0.412. The molecule has 0 saturated heterocycles. The van der Waals surface area contributed by atoms with Crippen molar-refractivity contribution in [1.82, 2.24) is 9.55 Å². The van der Waals surface area contributed by atoms with Crippen molar-refractivity contribution in [2.24, 2.45) is 5.73 Å². The zero-order chi connectivity index (χ0) is 14.0. The Hall–Kier alpha value is -2.70. The highest BCUT2D eigenvalue weighted by molar-refractivity contribution is 5.49. The molecule has 5 nitrogen and oxygen atoms in total. The predicted octanol–water partition coefficient (Wildman–Crippen LogP) is 1.77. The molecule has 2 rings (SSSR count). The SMILES string of the molecule is C[C@@H](N)c1cc(F)ccc1-n1cnc(C#N)c1C#N. The molecule has 0 amide bonds. The van der Waals surface area contributed by atoms with Gasteiger partial charge in [-0.3, -0.25) is 4.57 Å². The molecule has 2 aromatic rings. The van der Waals surface area contributed by atoms with E-state index in [2.05, 4.69) is 4.98 Å². The number of nitrogens with zero attached hydrogens (tertiary/aromatic N) is 4. The smallest absolute Gasteiger partial charge is 0.177 e. The number of nitrogens with two attached hydrogens (primary N) is 1. The lowest BCUT2D eigenvalue weighted by Gasteiger charge is -2.14. The van der Waals surface area contributed by atoms with Gasteiger partial charge >= 0.3 is 0 Å². The molecule has 6 heteroatoms. The first-order valence-electron chi connectivity index (χ1n) is 5.51. The molecule has 1 atom stereocenters. The Morgan fingerprint density at radius 2 is 2.11 bits per heavy atom. The first-order valence-corrected chi connectivity index (χ1v) is 5.51. The van der Waals surface area contributed by atoms with Crippen molar-refractivity contribution in [3.8, 4) is 17.8 Å². The summed E-state index contributed by atoms with van der Waals surface area (Å²) in [7, 11) is 0. The standard InChI is InChI=1S/C13H10FN5/c1-8(17)10-4-9(14)2-3-12(10)19-7-18-11(5-15)13(19)6-16/h2-4,7-8H,17H2,1H3/t8-/m1/s1. The number of rotatable bonds is 2. The largest absolute Gasteiger partial charge is 0.324 e. The lowest BCUT2D eigenvalue weighted by molar-refractivity contribution is 0.621. The van der Waals surface area contributed by atoms with Gasteiger partial charge in [0.25, 0.3) is 0 Å². The third kappa shape index (κ3) is 2.17. The average Bonchev–Trinajstić information content (AvgIpc) is 2.81. The number of aromatic nitrogens is 2. The van der Waals surface area contributed by atoms with Gasteiger partial charge in [0, 0.05) is 6.04 Å². The van der Waals surface area contributed by atoms with Crippen LogP contribution in [-0.2, 0) is 0 Å². The summed E-state index contributed by atoms with van der Waals surface area (Å²) in [5.74, 6) is -0.407. The minimum Gasteiger partial charge on any atom is -0.324 e. The van der Waals surface area contributed by atoms with E-state index < -0.39 is 11.9 Å². The van der Waals surface area contributed by atoms with Crippen molar-refractivity contribution in [1.29, 1.82) is 10.5 Å². The van der Waals surface area contributed by atoms with Crippen LogP contribution in [-0.4, -0.2) is 9.55 Å². The quantitative estimate of drug-likeness (QED) is 0.885. The Morgan fingerprint density at radius 1 is 1.37 bits per heavy atom. The topological polar surface area (TPSA) is 91.4 Å². The molecule has 1 aromatic heterocycles. The molecule has 0 spiro atoms. The van der Waals surface area contributed by atoms with Gasteiger partial charge < -0.3 is 5.73 Å². The molecule has 94 valence electrons. The van der Waals surface area contributed by atoms with Crippen molar-refractivity contribution >= 4 is 0 Å². The highest BCUT2D eigenvalue weighted by atomic mass is 19.1. The van der Waals surface area contributed by atoms with E-state index in [1.165, 1.54) is 29.1 Å². The van der Waals surface area contributed by atoms with E-state index in [1.54, 1.807) is 6.92 Å². The molecule has 1 aromatic carbocycles. The molecule has 0 saturated carbocycles. The van der Waals surface area contributed by atoms with E-state index >= 15 is 0 Å². The van der Waals surface area contributed by atoms with E-state index in [-0.39, 0.29) is 11.4 Å². The maximum absolute atomic E-state index is 13.3.